The molecule has 3 aromatic rings. The van der Waals surface area contributed by atoms with Crippen LogP contribution in [0.25, 0.3) is 0 Å². The summed E-state index contributed by atoms with van der Waals surface area (Å²) in [6.07, 6.45) is 17.4. The summed E-state index contributed by atoms with van der Waals surface area (Å²) >= 11 is 0. The number of benzene rings is 2. The summed E-state index contributed by atoms with van der Waals surface area (Å²) in [4.78, 5) is 46.1. The van der Waals surface area contributed by atoms with Gasteiger partial charge in [0.2, 0.25) is 11.7 Å². The van der Waals surface area contributed by atoms with Gasteiger partial charge in [-0.2, -0.15) is 10.2 Å². The van der Waals surface area contributed by atoms with Crippen molar-refractivity contribution in [1.82, 2.24) is 34.9 Å². The smallest absolute Gasteiger partial charge is 0.325 e. The third-order valence-electron chi connectivity index (χ3n) is 16.6. The van der Waals surface area contributed by atoms with E-state index in [1.54, 1.807) is 11.1 Å². The van der Waals surface area contributed by atoms with Gasteiger partial charge in [-0.1, -0.05) is 87.4 Å². The van der Waals surface area contributed by atoms with Crippen LogP contribution in [-0.2, 0) is 11.1 Å². The van der Waals surface area contributed by atoms with Gasteiger partial charge in [-0.25, -0.2) is 14.6 Å². The van der Waals surface area contributed by atoms with E-state index in [4.69, 9.17) is 4.74 Å². The Labute approximate surface area is 370 Å². The number of amides is 4. The Bertz CT molecular complexity index is 2050. The number of nitrogens with one attached hydrogen (secondary N) is 1. The summed E-state index contributed by atoms with van der Waals surface area (Å²) in [5.41, 5.74) is 3.21. The van der Waals surface area contributed by atoms with Gasteiger partial charge < -0.3 is 19.9 Å². The molecule has 4 saturated carbocycles. The fraction of sp³-hybridized carbons (Fsp3) is 0.620. The summed E-state index contributed by atoms with van der Waals surface area (Å²) in [6.45, 7) is 9.67. The number of urea groups is 2. The normalized spacial score (nSPS) is 28.8. The number of hydrogen-bond acceptors (Lipinski definition) is 8. The minimum absolute atomic E-state index is 0.00423. The molecule has 1 N–H and O–H groups in total. The lowest BCUT2D eigenvalue weighted by Gasteiger charge is -2.52. The highest BCUT2D eigenvalue weighted by atomic mass is 16.5. The van der Waals surface area contributed by atoms with Crippen molar-refractivity contribution < 1.29 is 14.3 Å². The molecule has 6 fully saturated rings. The quantitative estimate of drug-likeness (QED) is 0.193. The Morgan fingerprint density at radius 1 is 0.758 bits per heavy atom. The summed E-state index contributed by atoms with van der Waals surface area (Å²) < 4.78 is 5.49. The first-order valence-corrected chi connectivity index (χ1v) is 23.6. The highest BCUT2D eigenvalue weighted by Gasteiger charge is 2.56. The van der Waals surface area contributed by atoms with Crippen LogP contribution in [0.1, 0.15) is 121 Å². The van der Waals surface area contributed by atoms with Gasteiger partial charge in [0.1, 0.15) is 11.8 Å². The van der Waals surface area contributed by atoms with Crippen LogP contribution < -0.4 is 15.0 Å². The fourth-order valence-corrected chi connectivity index (χ4v) is 11.8. The van der Waals surface area contributed by atoms with E-state index in [9.17, 15) is 14.9 Å². The van der Waals surface area contributed by atoms with Crippen molar-refractivity contribution in [2.24, 2.45) is 11.8 Å². The van der Waals surface area contributed by atoms with Crippen LogP contribution in [0.15, 0.2) is 66.9 Å². The Hall–Kier alpha value is -4.73. The number of nitrogens with zero attached hydrogens (tertiary/aromatic N) is 8. The molecule has 9 rings (SSSR count). The molecule has 6 aliphatic rings. The molecule has 12 nitrogen and oxygen atoms in total. The lowest BCUT2D eigenvalue weighted by molar-refractivity contribution is 0.00813. The SMILES string of the molecule is CCN(C)C1(c2ccccc2)CCC2(CC1)CN(c1cnc(C#N)nc1OC)C(=O)N2CC1CCC1.CCN(C)C1(c2ccccc2)CCC2(CC1)CNC(=O)N2CC1CCC1. The molecule has 1 aromatic heterocycles. The van der Waals surface area contributed by atoms with Crippen LogP contribution in [0, 0.1) is 23.2 Å². The number of anilines is 1. The van der Waals surface area contributed by atoms with Gasteiger partial charge in [-0.05, 0) is 127 Å². The lowest BCUT2D eigenvalue weighted by Crippen LogP contribution is -2.57. The maximum absolute atomic E-state index is 14.0. The largest absolute Gasteiger partial charge is 0.479 e. The summed E-state index contributed by atoms with van der Waals surface area (Å²) in [6, 6.07) is 24.0. The van der Waals surface area contributed by atoms with Crippen LogP contribution in [0.4, 0.5) is 15.3 Å². The number of rotatable bonds is 12. The summed E-state index contributed by atoms with van der Waals surface area (Å²) in [5.74, 6) is 1.62. The minimum atomic E-state index is -0.238. The van der Waals surface area contributed by atoms with Gasteiger partial charge in [-0.3, -0.25) is 14.7 Å². The van der Waals surface area contributed by atoms with Crippen LogP contribution >= 0.6 is 0 Å². The minimum Gasteiger partial charge on any atom is -0.479 e. The van der Waals surface area contributed by atoms with E-state index in [0.29, 0.717) is 18.2 Å². The van der Waals surface area contributed by atoms with Crippen molar-refractivity contribution in [3.8, 4) is 11.9 Å². The van der Waals surface area contributed by atoms with Crippen molar-refractivity contribution in [1.29, 1.82) is 5.26 Å². The van der Waals surface area contributed by atoms with Gasteiger partial charge in [-0.15, -0.1) is 0 Å². The lowest BCUT2D eigenvalue weighted by atomic mass is 9.68. The average molecular weight is 844 g/mol. The molecule has 12 heteroatoms. The van der Waals surface area contributed by atoms with Crippen molar-refractivity contribution in [2.45, 2.75) is 126 Å². The molecular formula is C50H69N9O3. The van der Waals surface area contributed by atoms with Crippen LogP contribution in [0.2, 0.25) is 0 Å². The molecule has 4 amide bonds. The summed E-state index contributed by atoms with van der Waals surface area (Å²) in [7, 11) is 6.00. The zero-order valence-electron chi connectivity index (χ0n) is 38.0. The first-order valence-electron chi connectivity index (χ1n) is 23.6. The van der Waals surface area contributed by atoms with E-state index >= 15 is 0 Å². The third-order valence-corrected chi connectivity index (χ3v) is 16.6. The Morgan fingerprint density at radius 2 is 1.26 bits per heavy atom. The van der Waals surface area contributed by atoms with Gasteiger partial charge >= 0.3 is 12.1 Å². The molecule has 0 radical (unpaired) electrons. The number of methoxy groups -OCH3 is 1. The molecule has 0 atom stereocenters. The van der Waals surface area contributed by atoms with Crippen molar-refractivity contribution in [2.75, 3.05) is 65.4 Å². The predicted molar refractivity (Wildman–Crippen MR) is 243 cm³/mol. The monoisotopic (exact) mass is 844 g/mol. The van der Waals surface area contributed by atoms with Crippen molar-refractivity contribution in [3.63, 3.8) is 0 Å². The van der Waals surface area contributed by atoms with Gasteiger partial charge in [0.15, 0.2) is 0 Å². The topological polar surface area (TPSA) is 121 Å². The molecular weight excluding hydrogens is 775 g/mol. The number of nitriles is 1. The van der Waals surface area contributed by atoms with E-state index in [2.05, 4.69) is 123 Å². The van der Waals surface area contributed by atoms with E-state index < -0.39 is 0 Å². The maximum atomic E-state index is 14.0. The number of aromatic nitrogens is 2. The van der Waals surface area contributed by atoms with E-state index in [-0.39, 0.29) is 45.9 Å². The standard InChI is InChI=1S/C28H36N6O2.C22H33N3O/c1-4-32(2)28(22-11-6-5-7-12-22)15-13-27(14-16-28)20-33(26(35)34(27)19-21-9-8-10-21)23-18-30-24(17-29)31-25(23)36-3;1-3-24(2)22(19-10-5-4-6-11-19)14-12-21(13-15-22)17-23-20(26)25(21)16-18-8-7-9-18/h5-7,11-12,18,21H,4,8-10,13-16,19-20H2,1-3H3;4-6,10-11,18H,3,7-9,12-17H2,1-2H3,(H,23,26). The van der Waals surface area contributed by atoms with Gasteiger partial charge in [0.25, 0.3) is 0 Å². The highest BCUT2D eigenvalue weighted by molar-refractivity contribution is 5.96. The van der Waals surface area contributed by atoms with Crippen LogP contribution in [-0.4, -0.2) is 113 Å². The number of ether oxygens (including phenoxy) is 1. The maximum Gasteiger partial charge on any atom is 0.325 e. The molecule has 2 spiro atoms. The fourth-order valence-electron chi connectivity index (χ4n) is 11.8. The Kier molecular flexibility index (Phi) is 12.9. The highest BCUT2D eigenvalue weighted by Crippen LogP contribution is 2.52. The molecule has 2 saturated heterocycles. The molecule has 62 heavy (non-hydrogen) atoms. The molecule has 0 bridgehead atoms. The number of hydrogen-bond donors (Lipinski definition) is 1. The first kappa shape index (κ1) is 43.9. The third kappa shape index (κ3) is 7.93. The number of carbonyl (C=O) groups is 2. The zero-order chi connectivity index (χ0) is 43.5. The molecule has 4 aliphatic carbocycles. The second-order valence-corrected chi connectivity index (χ2v) is 19.3. The van der Waals surface area contributed by atoms with Crippen molar-refractivity contribution >= 4 is 17.7 Å². The second-order valence-electron chi connectivity index (χ2n) is 19.3. The van der Waals surface area contributed by atoms with E-state index in [0.717, 1.165) is 90.0 Å². The Balaban J connectivity index is 0.000000180. The zero-order valence-corrected chi connectivity index (χ0v) is 38.0. The second kappa shape index (κ2) is 18.2. The molecule has 2 aromatic carbocycles. The molecule has 2 aliphatic heterocycles. The summed E-state index contributed by atoms with van der Waals surface area (Å²) in [5, 5.41) is 12.4. The number of carbonyl (C=O) groups excluding carboxylic acids is 2. The molecule has 332 valence electrons. The van der Waals surface area contributed by atoms with E-state index in [1.807, 2.05) is 6.07 Å². The van der Waals surface area contributed by atoms with E-state index in [1.165, 1.54) is 56.8 Å². The predicted octanol–water partition coefficient (Wildman–Crippen LogP) is 8.53. The average Bonchev–Trinajstić information content (AvgIpc) is 3.74. The van der Waals surface area contributed by atoms with Crippen LogP contribution in [0.3, 0.4) is 0 Å². The first-order chi connectivity index (χ1) is 30.1. The van der Waals surface area contributed by atoms with Gasteiger partial charge in [0, 0.05) is 30.7 Å². The van der Waals surface area contributed by atoms with Crippen LogP contribution in [0.5, 0.6) is 5.88 Å². The molecule has 3 heterocycles. The Morgan fingerprint density at radius 3 is 1.71 bits per heavy atom. The molecule has 0 unspecified atom stereocenters. The van der Waals surface area contributed by atoms with Crippen molar-refractivity contribution in [3.05, 3.63) is 83.8 Å². The van der Waals surface area contributed by atoms with Gasteiger partial charge in [0.05, 0.1) is 30.9 Å².